The topological polar surface area (TPSA) is 208 Å². The van der Waals surface area contributed by atoms with E-state index in [-0.39, 0.29) is 40.1 Å². The Bertz CT molecular complexity index is 1260. The number of anilines is 2. The molecule has 14 heteroatoms. The standard InChI is InChI=1S/C26H33N7O4S.C2H6.H4NO/c1-31-11-13-32(14-12-31)17-5-3-16(4-6-17)15-29-23-22(28)26(35)21-18(25(23)34)7-8-19(24(21)33(36)37)30-20(38-2)9-10-27;2*1-2/h3-8,20,29-30H,9-15,27-28H2,1-2H3;1-2H3;2H,1H3/q;;+1. The Morgan fingerprint density at radius 1 is 1.07 bits per heavy atom. The van der Waals surface area contributed by atoms with Crippen LogP contribution in [0.25, 0.3) is 0 Å². The lowest BCUT2D eigenvalue weighted by Crippen LogP contribution is -2.44. The van der Waals surface area contributed by atoms with E-state index in [1.807, 2.05) is 44.4 Å². The molecule has 10 N–H and O–H groups in total. The van der Waals surface area contributed by atoms with E-state index in [4.69, 9.17) is 16.7 Å². The van der Waals surface area contributed by atoms with Crippen LogP contribution in [0.15, 0.2) is 47.8 Å². The molecule has 2 aliphatic rings. The van der Waals surface area contributed by atoms with Crippen molar-refractivity contribution in [1.29, 1.82) is 0 Å². The van der Waals surface area contributed by atoms with Crippen molar-refractivity contribution >= 4 is 40.4 Å². The number of allylic oxidation sites excluding steroid dienone is 2. The number of benzene rings is 2. The number of likely N-dealkylation sites (N-methyl/N-ethyl adjacent to an activating group) is 1. The molecule has 1 saturated heterocycles. The van der Waals surface area contributed by atoms with Crippen LogP contribution in [0.1, 0.15) is 46.5 Å². The normalized spacial score (nSPS) is 15.5. The molecule has 0 amide bonds. The molecule has 1 atom stereocenters. The van der Waals surface area contributed by atoms with Gasteiger partial charge in [0.05, 0.1) is 10.3 Å². The van der Waals surface area contributed by atoms with Crippen LogP contribution < -0.4 is 32.9 Å². The molecule has 230 valence electrons. The molecule has 1 fully saturated rings. The third-order valence-electron chi connectivity index (χ3n) is 6.88. The van der Waals surface area contributed by atoms with Gasteiger partial charge in [-0.15, -0.1) is 11.8 Å². The van der Waals surface area contributed by atoms with Crippen molar-refractivity contribution in [2.24, 2.45) is 11.5 Å². The summed E-state index contributed by atoms with van der Waals surface area (Å²) in [5.74, 6) is 0.951. The van der Waals surface area contributed by atoms with Crippen LogP contribution in [0.5, 0.6) is 0 Å². The number of fused-ring (bicyclic) bond motifs is 1. The van der Waals surface area contributed by atoms with Crippen LogP contribution in [0.2, 0.25) is 0 Å². The minimum Gasteiger partial charge on any atom is -0.394 e. The number of nitrogens with two attached hydrogens (primary N) is 2. The second-order valence-electron chi connectivity index (χ2n) is 9.34. The van der Waals surface area contributed by atoms with Gasteiger partial charge in [0.25, 0.3) is 0 Å². The fourth-order valence-corrected chi connectivity index (χ4v) is 5.27. The van der Waals surface area contributed by atoms with E-state index in [2.05, 4.69) is 33.4 Å². The highest BCUT2D eigenvalue weighted by Gasteiger charge is 2.38. The zero-order valence-corrected chi connectivity index (χ0v) is 25.5. The summed E-state index contributed by atoms with van der Waals surface area (Å²) in [6, 6.07) is 10.9. The van der Waals surface area contributed by atoms with Crippen LogP contribution in [0.3, 0.4) is 0 Å². The molecule has 4 rings (SSSR count). The number of ketones is 2. The number of nitro groups is 1. The van der Waals surface area contributed by atoms with Crippen LogP contribution >= 0.6 is 11.8 Å². The summed E-state index contributed by atoms with van der Waals surface area (Å²) >= 11 is 1.45. The first-order valence-corrected chi connectivity index (χ1v) is 15.0. The molecule has 2 aromatic rings. The first kappa shape index (κ1) is 34.5. The quantitative estimate of drug-likeness (QED) is 0.130. The fraction of sp³-hybridized carbons (Fsp3) is 0.429. The maximum Gasteiger partial charge on any atom is 0.304 e. The predicted octanol–water partition coefficient (Wildman–Crippen LogP) is 1.78. The van der Waals surface area contributed by atoms with E-state index < -0.39 is 22.2 Å². The summed E-state index contributed by atoms with van der Waals surface area (Å²) in [7, 11) is 2.11. The number of thioether (sulfide) groups is 1. The Hall–Kier alpha value is -3.69. The number of Topliss-reactive ketones (excluding diaryl/α,β-unsaturated/α-hetero) is 2. The van der Waals surface area contributed by atoms with Crippen LogP contribution in [-0.4, -0.2) is 78.0 Å². The molecule has 1 aliphatic carbocycles. The van der Waals surface area contributed by atoms with Gasteiger partial charge in [-0.05, 0) is 56.1 Å². The minimum atomic E-state index is -0.748. The van der Waals surface area contributed by atoms with Crippen molar-refractivity contribution in [2.45, 2.75) is 32.2 Å². The highest BCUT2D eigenvalue weighted by atomic mass is 32.2. The summed E-state index contributed by atoms with van der Waals surface area (Å²) in [5, 5.41) is 24.6. The lowest BCUT2D eigenvalue weighted by molar-refractivity contribution is -0.670. The van der Waals surface area contributed by atoms with Crippen molar-refractivity contribution in [3.8, 4) is 0 Å². The third kappa shape index (κ3) is 7.98. The average Bonchev–Trinajstić information content (AvgIpc) is 3.02. The predicted molar refractivity (Wildman–Crippen MR) is 167 cm³/mol. The maximum absolute atomic E-state index is 13.3. The Kier molecular flexibility index (Phi) is 13.7. The highest BCUT2D eigenvalue weighted by molar-refractivity contribution is 7.99. The van der Waals surface area contributed by atoms with E-state index >= 15 is 0 Å². The van der Waals surface area contributed by atoms with Crippen LogP contribution in [-0.2, 0) is 6.54 Å². The molecule has 0 radical (unpaired) electrons. The van der Waals surface area contributed by atoms with Crippen molar-refractivity contribution < 1.29 is 25.6 Å². The van der Waals surface area contributed by atoms with Crippen LogP contribution in [0, 0.1) is 10.1 Å². The summed E-state index contributed by atoms with van der Waals surface area (Å²) < 4.78 is 0. The SMILES string of the molecule is CC.CSC(CCN)Nc1ccc2c(c1[N+](=O)[O-])C(=O)C(N)=C(NCc1ccc(N3CCN(C)CC3)cc1)C2=O.[NH3+]O. The lowest BCUT2D eigenvalue weighted by Gasteiger charge is -2.34. The summed E-state index contributed by atoms with van der Waals surface area (Å²) in [5.41, 5.74) is 12.7. The van der Waals surface area contributed by atoms with Gasteiger partial charge in [0.1, 0.15) is 22.6 Å². The Morgan fingerprint density at radius 3 is 2.24 bits per heavy atom. The third-order valence-corrected chi connectivity index (χ3v) is 7.80. The van der Waals surface area contributed by atoms with Gasteiger partial charge in [0.2, 0.25) is 11.6 Å². The van der Waals surface area contributed by atoms with Crippen LogP contribution in [0.4, 0.5) is 17.1 Å². The molecular weight excluding hydrogens is 560 g/mol. The number of hydrogen-bond donors (Lipinski definition) is 6. The second-order valence-corrected chi connectivity index (χ2v) is 10.4. The van der Waals surface area contributed by atoms with Gasteiger partial charge in [-0.3, -0.25) is 19.7 Å². The smallest absolute Gasteiger partial charge is 0.304 e. The summed E-state index contributed by atoms with van der Waals surface area (Å²) in [6.07, 6.45) is 2.42. The molecule has 0 saturated carbocycles. The van der Waals surface area contributed by atoms with Gasteiger partial charge in [0.15, 0.2) is 0 Å². The van der Waals surface area contributed by atoms with Crippen molar-refractivity contribution in [1.82, 2.24) is 10.2 Å². The molecule has 0 bridgehead atoms. The van der Waals surface area contributed by atoms with Gasteiger partial charge >= 0.3 is 5.69 Å². The highest BCUT2D eigenvalue weighted by Crippen LogP contribution is 2.37. The van der Waals surface area contributed by atoms with Gasteiger partial charge in [-0.1, -0.05) is 26.0 Å². The number of carbonyl (C=O) groups is 2. The molecule has 0 aromatic heterocycles. The van der Waals surface area contributed by atoms with Crippen molar-refractivity contribution in [3.63, 3.8) is 0 Å². The van der Waals surface area contributed by atoms with Gasteiger partial charge in [-0.25, -0.2) is 11.1 Å². The molecule has 1 unspecified atom stereocenters. The molecule has 0 spiro atoms. The van der Waals surface area contributed by atoms with E-state index in [9.17, 15) is 19.7 Å². The Labute approximate surface area is 250 Å². The lowest BCUT2D eigenvalue weighted by atomic mass is 9.88. The average molecular weight is 604 g/mol. The minimum absolute atomic E-state index is 0.0473. The van der Waals surface area contributed by atoms with E-state index in [1.165, 1.54) is 23.9 Å². The molecule has 42 heavy (non-hydrogen) atoms. The van der Waals surface area contributed by atoms with E-state index in [1.54, 1.807) is 0 Å². The maximum atomic E-state index is 13.3. The number of quaternary nitrogens is 1. The number of nitrogens with one attached hydrogen (secondary N) is 2. The molecular formula is C28H43N8O5S+. The zero-order valence-electron chi connectivity index (χ0n) is 24.7. The Balaban J connectivity index is 0.00000148. The largest absolute Gasteiger partial charge is 0.394 e. The molecule has 2 aromatic carbocycles. The Morgan fingerprint density at radius 2 is 1.69 bits per heavy atom. The number of carbonyl (C=O) groups excluding carboxylic acids is 2. The summed E-state index contributed by atoms with van der Waals surface area (Å²) in [4.78, 5) is 42.6. The van der Waals surface area contributed by atoms with Gasteiger partial charge in [-0.2, -0.15) is 0 Å². The zero-order chi connectivity index (χ0) is 31.4. The number of nitro benzene ring substituents is 1. The molecule has 1 aliphatic heterocycles. The second kappa shape index (κ2) is 16.7. The monoisotopic (exact) mass is 603 g/mol. The first-order chi connectivity index (χ1) is 20.2. The molecule has 1 heterocycles. The summed E-state index contributed by atoms with van der Waals surface area (Å²) in [6.45, 7) is 8.59. The van der Waals surface area contributed by atoms with Crippen molar-refractivity contribution in [3.05, 3.63) is 74.6 Å². The van der Waals surface area contributed by atoms with Gasteiger partial charge in [0, 0.05) is 44.0 Å². The van der Waals surface area contributed by atoms with Gasteiger partial charge < -0.3 is 31.9 Å². The number of hydrogen-bond acceptors (Lipinski definition) is 12. The number of rotatable bonds is 10. The fourth-order valence-electron chi connectivity index (χ4n) is 4.65. The molecule has 13 nitrogen and oxygen atoms in total. The number of nitrogens with zero attached hydrogens (tertiary/aromatic N) is 3. The number of piperazine rings is 1. The van der Waals surface area contributed by atoms with Crippen molar-refractivity contribution in [2.75, 3.05) is 56.2 Å². The van der Waals surface area contributed by atoms with E-state index in [0.29, 0.717) is 13.0 Å². The first-order valence-electron chi connectivity index (χ1n) is 13.7. The van der Waals surface area contributed by atoms with E-state index in [0.717, 1.165) is 37.4 Å².